The molecule has 2 N–H and O–H groups in total. The fourth-order valence-electron chi connectivity index (χ4n) is 3.30. The van der Waals surface area contributed by atoms with Gasteiger partial charge in [0.15, 0.2) is 0 Å². The summed E-state index contributed by atoms with van der Waals surface area (Å²) in [5.41, 5.74) is 0.673. The molecule has 1 aromatic rings. The maximum absolute atomic E-state index is 12.4. The van der Waals surface area contributed by atoms with Crippen LogP contribution in [-0.4, -0.2) is 48.4 Å². The number of amides is 2. The highest BCUT2D eigenvalue weighted by atomic mass is 32.1. The van der Waals surface area contributed by atoms with Crippen LogP contribution in [0.1, 0.15) is 36.0 Å². The van der Waals surface area contributed by atoms with E-state index in [9.17, 15) is 9.59 Å². The second-order valence-electron chi connectivity index (χ2n) is 5.70. The van der Waals surface area contributed by atoms with Crippen LogP contribution in [0, 0.1) is 0 Å². The van der Waals surface area contributed by atoms with Gasteiger partial charge >= 0.3 is 0 Å². The largest absolute Gasteiger partial charge is 0.351 e. The summed E-state index contributed by atoms with van der Waals surface area (Å²) >= 11 is 1.50. The minimum Gasteiger partial charge on any atom is -0.351 e. The highest BCUT2D eigenvalue weighted by Gasteiger charge is 2.37. The molecule has 0 radical (unpaired) electrons. The van der Waals surface area contributed by atoms with Crippen molar-refractivity contribution in [3.63, 3.8) is 0 Å². The van der Waals surface area contributed by atoms with Crippen molar-refractivity contribution in [2.45, 2.75) is 37.8 Å². The van der Waals surface area contributed by atoms with E-state index >= 15 is 0 Å². The Morgan fingerprint density at radius 1 is 1.33 bits per heavy atom. The van der Waals surface area contributed by atoms with Gasteiger partial charge in [0.05, 0.1) is 0 Å². The molecule has 2 amide bonds. The maximum Gasteiger partial charge on any atom is 0.252 e. The monoisotopic (exact) mass is 307 g/mol. The third-order valence-corrected chi connectivity index (χ3v) is 5.03. The van der Waals surface area contributed by atoms with E-state index in [1.807, 2.05) is 10.8 Å². The van der Waals surface area contributed by atoms with E-state index in [0.717, 1.165) is 32.4 Å². The lowest BCUT2D eigenvalue weighted by Crippen LogP contribution is -2.43. The first-order valence-corrected chi connectivity index (χ1v) is 8.52. The molecule has 2 aliphatic rings. The molecule has 2 bridgehead atoms. The second-order valence-corrected chi connectivity index (χ2v) is 6.48. The first-order valence-electron chi connectivity index (χ1n) is 7.58. The summed E-state index contributed by atoms with van der Waals surface area (Å²) in [6.07, 6.45) is 3.66. The first-order chi connectivity index (χ1) is 10.3. The maximum atomic E-state index is 12.4. The Kier molecular flexibility index (Phi) is 4.55. The van der Waals surface area contributed by atoms with Crippen LogP contribution in [0.3, 0.4) is 0 Å². The van der Waals surface area contributed by atoms with E-state index < -0.39 is 0 Å². The molecule has 1 aromatic heterocycles. The highest BCUT2D eigenvalue weighted by molar-refractivity contribution is 7.08. The zero-order valence-electron chi connectivity index (χ0n) is 12.0. The van der Waals surface area contributed by atoms with Gasteiger partial charge in [-0.2, -0.15) is 11.3 Å². The summed E-state index contributed by atoms with van der Waals surface area (Å²) in [7, 11) is 0. The van der Waals surface area contributed by atoms with Crippen LogP contribution in [-0.2, 0) is 4.79 Å². The molecule has 6 heteroatoms. The van der Waals surface area contributed by atoms with Crippen molar-refractivity contribution in [2.75, 3.05) is 19.6 Å². The molecule has 2 unspecified atom stereocenters. The third kappa shape index (κ3) is 3.27. The molecule has 114 valence electrons. The number of nitrogens with zero attached hydrogens (tertiary/aromatic N) is 1. The molecule has 2 saturated heterocycles. The van der Waals surface area contributed by atoms with Crippen molar-refractivity contribution in [1.82, 2.24) is 15.5 Å². The third-order valence-electron chi connectivity index (χ3n) is 4.35. The number of carbonyl (C=O) groups excluding carboxylic acids is 2. The molecule has 3 rings (SSSR count). The number of nitrogens with one attached hydrogen (secondary N) is 2. The van der Waals surface area contributed by atoms with Crippen LogP contribution in [0.25, 0.3) is 0 Å². The van der Waals surface area contributed by atoms with E-state index in [1.165, 1.54) is 11.3 Å². The lowest BCUT2D eigenvalue weighted by Gasteiger charge is -2.28. The molecular weight excluding hydrogens is 286 g/mol. The Morgan fingerprint density at radius 2 is 2.19 bits per heavy atom. The number of hydrogen-bond acceptors (Lipinski definition) is 4. The van der Waals surface area contributed by atoms with Gasteiger partial charge in [-0.15, -0.1) is 0 Å². The summed E-state index contributed by atoms with van der Waals surface area (Å²) < 4.78 is 0. The molecule has 3 heterocycles. The molecule has 0 aliphatic carbocycles. The number of hydrogen-bond donors (Lipinski definition) is 2. The van der Waals surface area contributed by atoms with Crippen molar-refractivity contribution in [2.24, 2.45) is 0 Å². The smallest absolute Gasteiger partial charge is 0.252 e. The summed E-state index contributed by atoms with van der Waals surface area (Å²) in [6.45, 7) is 2.32. The fraction of sp³-hybridized carbons (Fsp3) is 0.600. The molecule has 2 aliphatic heterocycles. The van der Waals surface area contributed by atoms with Gasteiger partial charge in [0, 0.05) is 42.5 Å². The average molecular weight is 307 g/mol. The summed E-state index contributed by atoms with van der Waals surface area (Å²) in [5, 5.41) is 9.91. The first kappa shape index (κ1) is 14.5. The minimum absolute atomic E-state index is 0.0930. The van der Waals surface area contributed by atoms with Crippen LogP contribution in [0.2, 0.25) is 0 Å². The molecule has 21 heavy (non-hydrogen) atoms. The Hall–Kier alpha value is -1.40. The van der Waals surface area contributed by atoms with Gasteiger partial charge in [-0.25, -0.2) is 0 Å². The van der Waals surface area contributed by atoms with Gasteiger partial charge in [0.1, 0.15) is 0 Å². The predicted molar refractivity (Wildman–Crippen MR) is 82.4 cm³/mol. The van der Waals surface area contributed by atoms with Crippen LogP contribution in [0.15, 0.2) is 16.8 Å². The minimum atomic E-state index is -0.0930. The Morgan fingerprint density at radius 3 is 3.00 bits per heavy atom. The van der Waals surface area contributed by atoms with Crippen molar-refractivity contribution >= 4 is 23.2 Å². The second kappa shape index (κ2) is 6.58. The van der Waals surface area contributed by atoms with Gasteiger partial charge in [0.2, 0.25) is 5.91 Å². The topological polar surface area (TPSA) is 61.4 Å². The average Bonchev–Trinajstić information content (AvgIpc) is 3.05. The fourth-order valence-corrected chi connectivity index (χ4v) is 3.93. The molecule has 2 atom stereocenters. The van der Waals surface area contributed by atoms with Crippen LogP contribution in [0.5, 0.6) is 0 Å². The Labute approximate surface area is 128 Å². The molecule has 0 spiro atoms. The van der Waals surface area contributed by atoms with E-state index in [-0.39, 0.29) is 11.8 Å². The van der Waals surface area contributed by atoms with Crippen molar-refractivity contribution in [1.29, 1.82) is 0 Å². The zero-order valence-corrected chi connectivity index (χ0v) is 12.8. The van der Waals surface area contributed by atoms with E-state index in [4.69, 9.17) is 0 Å². The number of carbonyl (C=O) groups is 2. The van der Waals surface area contributed by atoms with Gasteiger partial charge in [-0.3, -0.25) is 9.59 Å². The summed E-state index contributed by atoms with van der Waals surface area (Å²) in [6, 6.07) is 2.53. The molecule has 0 aromatic carbocycles. The Balaban J connectivity index is 1.49. The molecule has 0 saturated carbocycles. The Bertz CT molecular complexity index is 489. The number of thiophene rings is 1. The quantitative estimate of drug-likeness (QED) is 0.879. The van der Waals surface area contributed by atoms with E-state index in [2.05, 4.69) is 15.5 Å². The standard InChI is InChI=1S/C15H21N3O2S/c19-14(4-7-17-15(20)11-5-8-21-10-11)18-12-1-2-13(18)9-16-6-3-12/h5,8,10,12-13,16H,1-4,6-7,9H2,(H,17,20). The van der Waals surface area contributed by atoms with E-state index in [1.54, 1.807) is 6.07 Å². The molecular formula is C15H21N3O2S. The normalized spacial score (nSPS) is 24.7. The van der Waals surface area contributed by atoms with E-state index in [0.29, 0.717) is 30.6 Å². The van der Waals surface area contributed by atoms with Gasteiger partial charge in [-0.1, -0.05) is 0 Å². The van der Waals surface area contributed by atoms with Crippen molar-refractivity contribution in [3.8, 4) is 0 Å². The van der Waals surface area contributed by atoms with Crippen LogP contribution >= 0.6 is 11.3 Å². The lowest BCUT2D eigenvalue weighted by atomic mass is 10.1. The number of fused-ring (bicyclic) bond motifs is 2. The van der Waals surface area contributed by atoms with Gasteiger partial charge < -0.3 is 15.5 Å². The van der Waals surface area contributed by atoms with Crippen molar-refractivity contribution < 1.29 is 9.59 Å². The zero-order chi connectivity index (χ0) is 14.7. The lowest BCUT2D eigenvalue weighted by molar-refractivity contribution is -0.133. The molecule has 2 fully saturated rings. The predicted octanol–water partition coefficient (Wildman–Crippen LogP) is 1.22. The van der Waals surface area contributed by atoms with Gasteiger partial charge in [0.25, 0.3) is 5.91 Å². The van der Waals surface area contributed by atoms with Crippen LogP contribution in [0.4, 0.5) is 0 Å². The summed E-state index contributed by atoms with van der Waals surface area (Å²) in [5.74, 6) is 0.0846. The number of rotatable bonds is 4. The highest BCUT2D eigenvalue weighted by Crippen LogP contribution is 2.28. The van der Waals surface area contributed by atoms with Gasteiger partial charge in [-0.05, 0) is 37.3 Å². The SMILES string of the molecule is O=C(NCCC(=O)N1C2CCNCC1CC2)c1ccsc1. The summed E-state index contributed by atoms with van der Waals surface area (Å²) in [4.78, 5) is 26.3. The van der Waals surface area contributed by atoms with Crippen LogP contribution < -0.4 is 10.6 Å². The molecule has 5 nitrogen and oxygen atoms in total. The van der Waals surface area contributed by atoms with Crippen molar-refractivity contribution in [3.05, 3.63) is 22.4 Å².